The van der Waals surface area contributed by atoms with Crippen molar-refractivity contribution < 1.29 is 28.2 Å². The lowest BCUT2D eigenvalue weighted by molar-refractivity contribution is 0.0356. The van der Waals surface area contributed by atoms with Gasteiger partial charge in [-0.05, 0) is 42.8 Å². The van der Waals surface area contributed by atoms with Gasteiger partial charge in [-0.2, -0.15) is 0 Å². The Balaban J connectivity index is 1.63. The molecule has 3 aromatic rings. The Bertz CT molecular complexity index is 1300. The number of urea groups is 1. The monoisotopic (exact) mass is 524 g/mol. The number of nitrogens with one attached hydrogen (secondary N) is 1. The van der Waals surface area contributed by atoms with E-state index in [0.29, 0.717) is 11.1 Å². The van der Waals surface area contributed by atoms with Crippen molar-refractivity contribution in [1.82, 2.24) is 14.8 Å². The van der Waals surface area contributed by atoms with Crippen LogP contribution in [0.15, 0.2) is 60.8 Å². The average Bonchev–Trinajstić information content (AvgIpc) is 2.91. The van der Waals surface area contributed by atoms with Gasteiger partial charge in [0, 0.05) is 31.3 Å². The first-order valence-corrected chi connectivity index (χ1v) is 12.3. The Morgan fingerprint density at radius 1 is 1.21 bits per heavy atom. The predicted octanol–water partition coefficient (Wildman–Crippen LogP) is 4.41. The molecule has 0 unspecified atom stereocenters. The van der Waals surface area contributed by atoms with Crippen LogP contribution in [0.5, 0.6) is 5.88 Å². The number of hydrogen-bond acceptors (Lipinski definition) is 5. The van der Waals surface area contributed by atoms with Crippen molar-refractivity contribution in [3.8, 4) is 17.0 Å². The zero-order valence-corrected chi connectivity index (χ0v) is 21.4. The van der Waals surface area contributed by atoms with Crippen LogP contribution in [0.2, 0.25) is 0 Å². The number of para-hydroxylation sites is 1. The van der Waals surface area contributed by atoms with Gasteiger partial charge in [0.05, 0.1) is 24.9 Å². The molecule has 2 aromatic carbocycles. The van der Waals surface area contributed by atoms with Gasteiger partial charge in [-0.25, -0.2) is 18.6 Å². The molecule has 0 saturated heterocycles. The number of anilines is 1. The predicted molar refractivity (Wildman–Crippen MR) is 139 cm³/mol. The highest BCUT2D eigenvalue weighted by atomic mass is 19.1. The molecular formula is C28H30F2N4O4. The minimum atomic E-state index is -0.573. The van der Waals surface area contributed by atoms with Gasteiger partial charge in [0.1, 0.15) is 23.3 Å². The summed E-state index contributed by atoms with van der Waals surface area (Å²) in [6.45, 7) is 3.77. The summed E-state index contributed by atoms with van der Waals surface area (Å²) in [6.07, 6.45) is 0.965. The number of halogens is 2. The molecule has 2 heterocycles. The molecule has 0 saturated carbocycles. The summed E-state index contributed by atoms with van der Waals surface area (Å²) in [7, 11) is 1.57. The zero-order chi connectivity index (χ0) is 27.4. The molecule has 10 heteroatoms. The summed E-state index contributed by atoms with van der Waals surface area (Å²) in [5.41, 5.74) is 1.53. The van der Waals surface area contributed by atoms with E-state index in [-0.39, 0.29) is 54.5 Å². The van der Waals surface area contributed by atoms with Crippen LogP contribution in [0.4, 0.5) is 19.3 Å². The topological polar surface area (TPSA) is 95.0 Å². The largest absolute Gasteiger partial charge is 0.472 e. The molecule has 0 bridgehead atoms. The summed E-state index contributed by atoms with van der Waals surface area (Å²) in [5, 5.41) is 12.4. The van der Waals surface area contributed by atoms with Crippen molar-refractivity contribution in [3.63, 3.8) is 0 Å². The number of ether oxygens (including phenoxy) is 1. The van der Waals surface area contributed by atoms with Gasteiger partial charge < -0.3 is 25.0 Å². The minimum Gasteiger partial charge on any atom is -0.472 e. The van der Waals surface area contributed by atoms with E-state index in [4.69, 9.17) is 4.74 Å². The number of benzene rings is 2. The van der Waals surface area contributed by atoms with Crippen molar-refractivity contribution >= 4 is 17.6 Å². The lowest BCUT2D eigenvalue weighted by Gasteiger charge is -2.37. The molecule has 0 aliphatic carbocycles. The third kappa shape index (κ3) is 5.91. The van der Waals surface area contributed by atoms with Crippen LogP contribution in [-0.2, 0) is 0 Å². The van der Waals surface area contributed by atoms with E-state index in [1.165, 1.54) is 41.4 Å². The Morgan fingerprint density at radius 3 is 2.61 bits per heavy atom. The van der Waals surface area contributed by atoms with Gasteiger partial charge in [-0.15, -0.1) is 0 Å². The maximum atomic E-state index is 14.0. The van der Waals surface area contributed by atoms with E-state index in [2.05, 4.69) is 10.3 Å². The van der Waals surface area contributed by atoms with Gasteiger partial charge in [0.15, 0.2) is 0 Å². The molecule has 38 heavy (non-hydrogen) atoms. The van der Waals surface area contributed by atoms with E-state index in [9.17, 15) is 23.5 Å². The van der Waals surface area contributed by atoms with Crippen molar-refractivity contribution in [2.24, 2.45) is 5.92 Å². The summed E-state index contributed by atoms with van der Waals surface area (Å²) in [4.78, 5) is 33.7. The van der Waals surface area contributed by atoms with Gasteiger partial charge in [-0.1, -0.05) is 31.2 Å². The molecule has 0 fully saturated rings. The molecule has 2 N–H and O–H groups in total. The normalized spacial score (nSPS) is 18.1. The molecule has 1 aliphatic heterocycles. The number of aliphatic hydroxyl groups is 1. The fourth-order valence-corrected chi connectivity index (χ4v) is 4.25. The number of carbonyl (C=O) groups is 2. The van der Waals surface area contributed by atoms with Crippen molar-refractivity contribution in [1.29, 1.82) is 0 Å². The summed E-state index contributed by atoms with van der Waals surface area (Å²) in [6, 6.07) is 12.3. The third-order valence-corrected chi connectivity index (χ3v) is 6.61. The Labute approximate surface area is 219 Å². The van der Waals surface area contributed by atoms with Crippen LogP contribution in [0.25, 0.3) is 11.1 Å². The number of likely N-dealkylation sites (N-methyl/N-ethyl adjacent to an activating group) is 1. The fourth-order valence-electron chi connectivity index (χ4n) is 4.25. The van der Waals surface area contributed by atoms with Crippen molar-refractivity contribution in [3.05, 3.63) is 78.0 Å². The number of aromatic nitrogens is 1. The molecule has 3 atom stereocenters. The average molecular weight is 525 g/mol. The number of hydrogen-bond donors (Lipinski definition) is 2. The summed E-state index contributed by atoms with van der Waals surface area (Å²) < 4.78 is 33.7. The lowest BCUT2D eigenvalue weighted by Crippen LogP contribution is -2.50. The second-order valence-corrected chi connectivity index (χ2v) is 9.50. The van der Waals surface area contributed by atoms with Crippen LogP contribution >= 0.6 is 0 Å². The first-order chi connectivity index (χ1) is 18.2. The molecule has 1 aliphatic rings. The van der Waals surface area contributed by atoms with Crippen LogP contribution in [-0.4, -0.2) is 70.7 Å². The number of fused-ring (bicyclic) bond motifs is 1. The third-order valence-electron chi connectivity index (χ3n) is 6.61. The molecule has 1 aromatic heterocycles. The summed E-state index contributed by atoms with van der Waals surface area (Å²) >= 11 is 0. The van der Waals surface area contributed by atoms with Gasteiger partial charge in [-0.3, -0.25) is 4.79 Å². The molecule has 3 amide bonds. The van der Waals surface area contributed by atoms with E-state index in [0.717, 1.165) is 0 Å². The minimum absolute atomic E-state index is 0.0601. The molecular weight excluding hydrogens is 494 g/mol. The highest BCUT2D eigenvalue weighted by molar-refractivity contribution is 5.98. The SMILES string of the molecule is C[C@H](CO)N1C[C@H](C)[C@@H](CN(C)C(=O)Nc2ccccc2F)Oc2ncc(-c3ccc(F)cc3)cc2C1=O. The smallest absolute Gasteiger partial charge is 0.321 e. The molecule has 0 radical (unpaired) electrons. The first kappa shape index (κ1) is 27.0. The maximum absolute atomic E-state index is 14.0. The molecule has 0 spiro atoms. The van der Waals surface area contributed by atoms with Crippen molar-refractivity contribution in [2.75, 3.05) is 32.1 Å². The van der Waals surface area contributed by atoms with E-state index in [1.807, 2.05) is 6.92 Å². The van der Waals surface area contributed by atoms with Crippen LogP contribution in [0.3, 0.4) is 0 Å². The molecule has 200 valence electrons. The zero-order valence-electron chi connectivity index (χ0n) is 21.4. The Morgan fingerprint density at radius 2 is 1.92 bits per heavy atom. The number of amides is 3. The lowest BCUT2D eigenvalue weighted by atomic mass is 9.99. The second-order valence-electron chi connectivity index (χ2n) is 9.50. The maximum Gasteiger partial charge on any atom is 0.321 e. The second kappa shape index (κ2) is 11.6. The highest BCUT2D eigenvalue weighted by Crippen LogP contribution is 2.30. The Kier molecular flexibility index (Phi) is 8.21. The van der Waals surface area contributed by atoms with E-state index < -0.39 is 24.0 Å². The number of pyridine rings is 1. The van der Waals surface area contributed by atoms with Gasteiger partial charge in [0.2, 0.25) is 5.88 Å². The number of nitrogens with zero attached hydrogens (tertiary/aromatic N) is 3. The molecule has 8 nitrogen and oxygen atoms in total. The van der Waals surface area contributed by atoms with Gasteiger partial charge in [0.25, 0.3) is 5.91 Å². The van der Waals surface area contributed by atoms with Gasteiger partial charge >= 0.3 is 6.03 Å². The van der Waals surface area contributed by atoms with Crippen LogP contribution in [0.1, 0.15) is 24.2 Å². The Hall–Kier alpha value is -4.05. The number of rotatable bonds is 6. The fraction of sp³-hybridized carbons (Fsp3) is 0.321. The standard InChI is InChI=1S/C28H30F2N4O4/c1-17-14-34(18(2)16-35)27(36)22-12-20(19-8-10-21(29)11-9-19)13-31-26(22)38-25(17)15-33(3)28(37)32-24-7-5-4-6-23(24)30/h4-13,17-18,25,35H,14-16H2,1-3H3,(H,32,37)/t17-,18+,25+/m0/s1. The van der Waals surface area contributed by atoms with Crippen molar-refractivity contribution in [2.45, 2.75) is 26.0 Å². The summed E-state index contributed by atoms with van der Waals surface area (Å²) in [5.74, 6) is -1.44. The number of carbonyl (C=O) groups excluding carboxylic acids is 2. The molecule has 4 rings (SSSR count). The van der Waals surface area contributed by atoms with E-state index in [1.54, 1.807) is 43.1 Å². The first-order valence-electron chi connectivity index (χ1n) is 12.3. The van der Waals surface area contributed by atoms with Crippen LogP contribution < -0.4 is 10.1 Å². The number of aliphatic hydroxyl groups excluding tert-OH is 1. The quantitative estimate of drug-likeness (QED) is 0.498. The van der Waals surface area contributed by atoms with E-state index >= 15 is 0 Å². The highest BCUT2D eigenvalue weighted by Gasteiger charge is 2.35. The van der Waals surface area contributed by atoms with Crippen LogP contribution in [0, 0.1) is 17.6 Å².